The molecule has 6 nitrogen and oxygen atoms in total. The Bertz CT molecular complexity index is 677. The highest BCUT2D eigenvalue weighted by atomic mass is 32.2. The van der Waals surface area contributed by atoms with Crippen LogP contribution in [0.15, 0.2) is 23.1 Å². The first-order valence-electron chi connectivity index (χ1n) is 7.72. The molecular formula is C16H24N2O4S. The van der Waals surface area contributed by atoms with Crippen molar-refractivity contribution in [3.05, 3.63) is 29.3 Å². The minimum absolute atomic E-state index is 0.0734. The van der Waals surface area contributed by atoms with Gasteiger partial charge in [-0.15, -0.1) is 0 Å². The van der Waals surface area contributed by atoms with Crippen LogP contribution >= 0.6 is 0 Å². The van der Waals surface area contributed by atoms with Gasteiger partial charge in [0.05, 0.1) is 17.6 Å². The summed E-state index contributed by atoms with van der Waals surface area (Å²) in [4.78, 5) is 11.9. The van der Waals surface area contributed by atoms with Crippen LogP contribution in [0.25, 0.3) is 0 Å². The molecule has 1 aliphatic heterocycles. The van der Waals surface area contributed by atoms with Gasteiger partial charge < -0.3 is 10.5 Å². The summed E-state index contributed by atoms with van der Waals surface area (Å²) in [5, 5.41) is 0. The number of esters is 1. The number of nitrogens with zero attached hydrogens (tertiary/aromatic N) is 1. The van der Waals surface area contributed by atoms with E-state index in [-0.39, 0.29) is 16.5 Å². The number of hydrogen-bond donors (Lipinski definition) is 1. The highest BCUT2D eigenvalue weighted by Gasteiger charge is 2.32. The van der Waals surface area contributed by atoms with E-state index in [0.717, 1.165) is 12.8 Å². The molecule has 128 valence electrons. The average Bonchev–Trinajstić information content (AvgIpc) is 2.54. The second-order valence-corrected chi connectivity index (χ2v) is 7.93. The molecule has 1 aromatic carbocycles. The fourth-order valence-electron chi connectivity index (χ4n) is 3.01. The van der Waals surface area contributed by atoms with Crippen molar-refractivity contribution in [1.82, 2.24) is 4.31 Å². The zero-order valence-electron chi connectivity index (χ0n) is 13.8. The Morgan fingerprint density at radius 1 is 1.35 bits per heavy atom. The van der Waals surface area contributed by atoms with Crippen molar-refractivity contribution >= 4 is 16.0 Å². The van der Waals surface area contributed by atoms with Gasteiger partial charge in [0.1, 0.15) is 0 Å². The molecule has 1 aliphatic rings. The lowest BCUT2D eigenvalue weighted by Gasteiger charge is -2.33. The zero-order chi connectivity index (χ0) is 17.2. The standard InChI is InChI=1S/C16H24N2O4S/c1-11-14(16(19)22-3)5-4-6-15(11)23(20,21)18-9-7-13(8-10-18)12(2)17/h4-6,12-13H,7-10,17H2,1-3H3. The molecule has 1 fully saturated rings. The molecule has 1 unspecified atom stereocenters. The average molecular weight is 340 g/mol. The van der Waals surface area contributed by atoms with Gasteiger partial charge in [0.15, 0.2) is 0 Å². The van der Waals surface area contributed by atoms with Gasteiger partial charge in [-0.25, -0.2) is 13.2 Å². The highest BCUT2D eigenvalue weighted by molar-refractivity contribution is 7.89. The first-order chi connectivity index (χ1) is 10.8. The fraction of sp³-hybridized carbons (Fsp3) is 0.562. The van der Waals surface area contributed by atoms with Crippen LogP contribution < -0.4 is 5.73 Å². The van der Waals surface area contributed by atoms with Crippen molar-refractivity contribution in [3.8, 4) is 0 Å². The molecule has 1 aromatic rings. The molecular weight excluding hydrogens is 316 g/mol. The van der Waals surface area contributed by atoms with Crippen LogP contribution in [0.3, 0.4) is 0 Å². The van der Waals surface area contributed by atoms with E-state index >= 15 is 0 Å². The molecule has 1 heterocycles. The summed E-state index contributed by atoms with van der Waals surface area (Å²) in [6.45, 7) is 4.50. The van der Waals surface area contributed by atoms with E-state index in [4.69, 9.17) is 10.5 Å². The summed E-state index contributed by atoms with van der Waals surface area (Å²) >= 11 is 0. The number of methoxy groups -OCH3 is 1. The second-order valence-electron chi connectivity index (χ2n) is 6.02. The van der Waals surface area contributed by atoms with Gasteiger partial charge in [-0.2, -0.15) is 4.31 Å². The first kappa shape index (κ1) is 17.9. The van der Waals surface area contributed by atoms with E-state index in [9.17, 15) is 13.2 Å². The third kappa shape index (κ3) is 3.57. The van der Waals surface area contributed by atoms with Gasteiger partial charge >= 0.3 is 5.97 Å². The summed E-state index contributed by atoms with van der Waals surface area (Å²) in [5.41, 5.74) is 6.61. The van der Waals surface area contributed by atoms with Crippen molar-refractivity contribution < 1.29 is 17.9 Å². The van der Waals surface area contributed by atoms with Crippen LogP contribution in [0, 0.1) is 12.8 Å². The molecule has 0 bridgehead atoms. The van der Waals surface area contributed by atoms with E-state index in [1.807, 2.05) is 6.92 Å². The van der Waals surface area contributed by atoms with Crippen molar-refractivity contribution in [2.75, 3.05) is 20.2 Å². The minimum atomic E-state index is -3.62. The maximum atomic E-state index is 12.9. The van der Waals surface area contributed by atoms with E-state index in [1.54, 1.807) is 19.1 Å². The van der Waals surface area contributed by atoms with Crippen LogP contribution in [0.4, 0.5) is 0 Å². The van der Waals surface area contributed by atoms with Gasteiger partial charge in [-0.1, -0.05) is 6.07 Å². The molecule has 0 aromatic heterocycles. The second kappa shape index (κ2) is 6.98. The molecule has 0 radical (unpaired) electrons. The number of rotatable bonds is 4. The topological polar surface area (TPSA) is 89.7 Å². The predicted octanol–water partition coefficient (Wildman–Crippen LogP) is 1.53. The lowest BCUT2D eigenvalue weighted by molar-refractivity contribution is 0.0599. The Labute approximate surface area is 137 Å². The number of ether oxygens (including phenoxy) is 1. The van der Waals surface area contributed by atoms with Crippen LogP contribution in [0.1, 0.15) is 35.7 Å². The minimum Gasteiger partial charge on any atom is -0.465 e. The number of carbonyl (C=O) groups is 1. The Hall–Kier alpha value is -1.44. The van der Waals surface area contributed by atoms with Gasteiger partial charge in [0, 0.05) is 19.1 Å². The van der Waals surface area contributed by atoms with Crippen LogP contribution in [0.5, 0.6) is 0 Å². The van der Waals surface area contributed by atoms with Gasteiger partial charge in [0.2, 0.25) is 10.0 Å². The first-order valence-corrected chi connectivity index (χ1v) is 9.16. The quantitative estimate of drug-likeness (QED) is 0.840. The van der Waals surface area contributed by atoms with E-state index in [1.165, 1.54) is 17.5 Å². The molecule has 1 atom stereocenters. The van der Waals surface area contributed by atoms with Gasteiger partial charge in [-0.05, 0) is 50.3 Å². The molecule has 23 heavy (non-hydrogen) atoms. The van der Waals surface area contributed by atoms with Crippen molar-refractivity contribution in [2.45, 2.75) is 37.6 Å². The lowest BCUT2D eigenvalue weighted by Crippen LogP contribution is -2.42. The summed E-state index contributed by atoms with van der Waals surface area (Å²) < 4.78 is 32.0. The smallest absolute Gasteiger partial charge is 0.338 e. The van der Waals surface area contributed by atoms with Crippen molar-refractivity contribution in [3.63, 3.8) is 0 Å². The number of nitrogens with two attached hydrogens (primary N) is 1. The predicted molar refractivity (Wildman–Crippen MR) is 87.7 cm³/mol. The summed E-state index contributed by atoms with van der Waals surface area (Å²) in [7, 11) is -2.34. The Kier molecular flexibility index (Phi) is 5.44. The zero-order valence-corrected chi connectivity index (χ0v) is 14.6. The molecule has 2 N–H and O–H groups in total. The Morgan fingerprint density at radius 3 is 2.48 bits per heavy atom. The molecule has 0 amide bonds. The molecule has 0 aliphatic carbocycles. The fourth-order valence-corrected chi connectivity index (χ4v) is 4.72. The summed E-state index contributed by atoms with van der Waals surface area (Å²) in [6, 6.07) is 4.75. The van der Waals surface area contributed by atoms with Crippen molar-refractivity contribution in [2.24, 2.45) is 11.7 Å². The van der Waals surface area contributed by atoms with Gasteiger partial charge in [-0.3, -0.25) is 0 Å². The summed E-state index contributed by atoms with van der Waals surface area (Å²) in [6.07, 6.45) is 1.51. The lowest BCUT2D eigenvalue weighted by atomic mass is 9.92. The SMILES string of the molecule is COC(=O)c1cccc(S(=O)(=O)N2CCC(C(C)N)CC2)c1C. The number of piperidine rings is 1. The summed E-state index contributed by atoms with van der Waals surface area (Å²) in [5.74, 6) is -0.181. The number of carbonyl (C=O) groups excluding carboxylic acids is 1. The molecule has 0 saturated carbocycles. The van der Waals surface area contributed by atoms with Gasteiger partial charge in [0.25, 0.3) is 0 Å². The van der Waals surface area contributed by atoms with E-state index in [0.29, 0.717) is 24.6 Å². The number of hydrogen-bond acceptors (Lipinski definition) is 5. The largest absolute Gasteiger partial charge is 0.465 e. The highest BCUT2D eigenvalue weighted by Crippen LogP contribution is 2.28. The number of sulfonamides is 1. The third-order valence-corrected chi connectivity index (χ3v) is 6.59. The monoisotopic (exact) mass is 340 g/mol. The van der Waals surface area contributed by atoms with E-state index < -0.39 is 16.0 Å². The maximum absolute atomic E-state index is 12.9. The normalized spacial score (nSPS) is 18.6. The molecule has 7 heteroatoms. The molecule has 1 saturated heterocycles. The maximum Gasteiger partial charge on any atom is 0.338 e. The van der Waals surface area contributed by atoms with Crippen molar-refractivity contribution in [1.29, 1.82) is 0 Å². The molecule has 2 rings (SSSR count). The number of benzene rings is 1. The molecule has 0 spiro atoms. The van der Waals surface area contributed by atoms with Crippen LogP contribution in [-0.2, 0) is 14.8 Å². The van der Waals surface area contributed by atoms with Crippen LogP contribution in [-0.4, -0.2) is 44.9 Å². The van der Waals surface area contributed by atoms with Crippen LogP contribution in [0.2, 0.25) is 0 Å². The van der Waals surface area contributed by atoms with E-state index in [2.05, 4.69) is 0 Å². The third-order valence-electron chi connectivity index (χ3n) is 4.55. The Balaban J connectivity index is 2.29. The Morgan fingerprint density at radius 2 is 1.96 bits per heavy atom.